The first-order valence-corrected chi connectivity index (χ1v) is 4.49. The van der Waals surface area contributed by atoms with Gasteiger partial charge in [0.1, 0.15) is 0 Å². The van der Waals surface area contributed by atoms with Crippen LogP contribution < -0.4 is 0 Å². The summed E-state index contributed by atoms with van der Waals surface area (Å²) in [7, 11) is 0. The van der Waals surface area contributed by atoms with Crippen molar-refractivity contribution in [2.45, 2.75) is 13.0 Å². The number of aliphatic hydroxyl groups is 1. The zero-order valence-corrected chi connectivity index (χ0v) is 7.90. The van der Waals surface area contributed by atoms with Crippen molar-refractivity contribution >= 4 is 17.0 Å². The molecular formula is C10H10N2O3. The first-order valence-electron chi connectivity index (χ1n) is 4.49. The number of H-pyrrole nitrogens is 1. The molecule has 0 aliphatic carbocycles. The summed E-state index contributed by atoms with van der Waals surface area (Å²) in [4.78, 5) is 17.6. The molecule has 1 heterocycles. The lowest BCUT2D eigenvalue weighted by Crippen LogP contribution is -2.04. The van der Waals surface area contributed by atoms with Gasteiger partial charge in [0, 0.05) is 5.56 Å². The van der Waals surface area contributed by atoms with Gasteiger partial charge < -0.3 is 15.2 Å². The lowest BCUT2D eigenvalue weighted by molar-refractivity contribution is -0.136. The Labute approximate surface area is 85.4 Å². The molecule has 0 saturated carbocycles. The third-order valence-electron chi connectivity index (χ3n) is 2.29. The normalized spacial score (nSPS) is 10.7. The fourth-order valence-electron chi connectivity index (χ4n) is 1.61. The van der Waals surface area contributed by atoms with Crippen molar-refractivity contribution in [3.8, 4) is 0 Å². The largest absolute Gasteiger partial charge is 0.481 e. The number of benzene rings is 1. The van der Waals surface area contributed by atoms with Gasteiger partial charge in [-0.15, -0.1) is 0 Å². The van der Waals surface area contributed by atoms with Gasteiger partial charge in [-0.25, -0.2) is 4.98 Å². The predicted octanol–water partition coefficient (Wildman–Crippen LogP) is 0.682. The number of rotatable bonds is 3. The molecule has 78 valence electrons. The molecule has 0 saturated heterocycles. The third-order valence-corrected chi connectivity index (χ3v) is 2.29. The average Bonchev–Trinajstić information content (AvgIpc) is 2.64. The molecule has 0 fully saturated rings. The van der Waals surface area contributed by atoms with Crippen LogP contribution in [0.5, 0.6) is 0 Å². The van der Waals surface area contributed by atoms with E-state index in [9.17, 15) is 9.90 Å². The van der Waals surface area contributed by atoms with Gasteiger partial charge in [-0.3, -0.25) is 4.79 Å². The number of hydrogen-bond acceptors (Lipinski definition) is 3. The zero-order valence-electron chi connectivity index (χ0n) is 7.90. The number of aliphatic hydroxyl groups excluding tert-OH is 1. The van der Waals surface area contributed by atoms with Crippen LogP contribution in [0, 0.1) is 0 Å². The molecular weight excluding hydrogens is 196 g/mol. The molecule has 0 spiro atoms. The van der Waals surface area contributed by atoms with Gasteiger partial charge in [-0.1, -0.05) is 6.07 Å². The molecule has 0 unspecified atom stereocenters. The van der Waals surface area contributed by atoms with Crippen molar-refractivity contribution < 1.29 is 15.0 Å². The van der Waals surface area contributed by atoms with Gasteiger partial charge in [-0.05, 0) is 11.6 Å². The molecule has 2 aromatic rings. The molecule has 0 atom stereocenters. The molecule has 15 heavy (non-hydrogen) atoms. The maximum absolute atomic E-state index is 10.6. The van der Waals surface area contributed by atoms with Crippen LogP contribution in [-0.4, -0.2) is 26.2 Å². The van der Waals surface area contributed by atoms with Crippen molar-refractivity contribution in [3.63, 3.8) is 0 Å². The maximum Gasteiger partial charge on any atom is 0.307 e. The summed E-state index contributed by atoms with van der Waals surface area (Å²) in [5, 5.41) is 17.9. The summed E-state index contributed by atoms with van der Waals surface area (Å²) in [6.07, 6.45) is 1.42. The summed E-state index contributed by atoms with van der Waals surface area (Å²) in [5.74, 6) is -0.917. The highest BCUT2D eigenvalue weighted by atomic mass is 16.4. The number of aromatic amines is 1. The van der Waals surface area contributed by atoms with E-state index in [2.05, 4.69) is 9.97 Å². The second-order valence-corrected chi connectivity index (χ2v) is 3.23. The monoisotopic (exact) mass is 206 g/mol. The molecule has 0 aliphatic heterocycles. The SMILES string of the molecule is O=C(O)Cc1ccc2[nH]cnc2c1CO. The topological polar surface area (TPSA) is 86.2 Å². The van der Waals surface area contributed by atoms with Crippen LogP contribution in [-0.2, 0) is 17.8 Å². The zero-order chi connectivity index (χ0) is 10.8. The Kier molecular flexibility index (Phi) is 2.39. The van der Waals surface area contributed by atoms with Gasteiger partial charge in [0.2, 0.25) is 0 Å². The molecule has 0 bridgehead atoms. The minimum Gasteiger partial charge on any atom is -0.481 e. The molecule has 5 nitrogen and oxygen atoms in total. The number of nitrogens with zero attached hydrogens (tertiary/aromatic N) is 1. The molecule has 1 aromatic carbocycles. The number of hydrogen-bond donors (Lipinski definition) is 3. The van der Waals surface area contributed by atoms with Gasteiger partial charge in [-0.2, -0.15) is 0 Å². The number of nitrogens with one attached hydrogen (secondary N) is 1. The van der Waals surface area contributed by atoms with E-state index in [0.29, 0.717) is 16.6 Å². The quantitative estimate of drug-likeness (QED) is 0.689. The van der Waals surface area contributed by atoms with E-state index in [1.165, 1.54) is 6.33 Å². The predicted molar refractivity (Wildman–Crippen MR) is 53.4 cm³/mol. The smallest absolute Gasteiger partial charge is 0.307 e. The number of carbonyl (C=O) groups is 1. The maximum atomic E-state index is 10.6. The Morgan fingerprint density at radius 1 is 1.47 bits per heavy atom. The molecule has 0 aliphatic rings. The lowest BCUT2D eigenvalue weighted by Gasteiger charge is -2.05. The highest BCUT2D eigenvalue weighted by molar-refractivity contribution is 5.81. The van der Waals surface area contributed by atoms with E-state index >= 15 is 0 Å². The highest BCUT2D eigenvalue weighted by Crippen LogP contribution is 2.20. The van der Waals surface area contributed by atoms with Crippen LogP contribution >= 0.6 is 0 Å². The van der Waals surface area contributed by atoms with E-state index < -0.39 is 5.97 Å². The summed E-state index contributed by atoms with van der Waals surface area (Å²) >= 11 is 0. The third kappa shape index (κ3) is 1.69. The minimum atomic E-state index is -0.917. The van der Waals surface area contributed by atoms with Crippen molar-refractivity contribution in [1.29, 1.82) is 0 Å². The molecule has 5 heteroatoms. The molecule has 0 radical (unpaired) electrons. The number of aliphatic carboxylic acids is 1. The highest BCUT2D eigenvalue weighted by Gasteiger charge is 2.11. The Bertz CT molecular complexity index is 504. The van der Waals surface area contributed by atoms with Gasteiger partial charge in [0.25, 0.3) is 0 Å². The standard InChI is InChI=1S/C10H10N2O3/c13-4-7-6(3-9(14)15)1-2-8-10(7)12-5-11-8/h1-2,5,13H,3-4H2,(H,11,12)(H,14,15). The number of aromatic nitrogens is 2. The van der Waals surface area contributed by atoms with Crippen LogP contribution in [0.4, 0.5) is 0 Å². The van der Waals surface area contributed by atoms with Gasteiger partial charge >= 0.3 is 5.97 Å². The number of carboxylic acid groups (broad SMARTS) is 1. The van der Waals surface area contributed by atoms with Crippen LogP contribution in [0.1, 0.15) is 11.1 Å². The van der Waals surface area contributed by atoms with E-state index in [0.717, 1.165) is 5.52 Å². The summed E-state index contributed by atoms with van der Waals surface area (Å²) in [6.45, 7) is -0.204. The lowest BCUT2D eigenvalue weighted by atomic mass is 10.0. The van der Waals surface area contributed by atoms with Crippen LogP contribution in [0.15, 0.2) is 18.5 Å². The molecule has 3 N–H and O–H groups in total. The molecule has 1 aromatic heterocycles. The van der Waals surface area contributed by atoms with Crippen molar-refractivity contribution in [2.24, 2.45) is 0 Å². The van der Waals surface area contributed by atoms with E-state index in [-0.39, 0.29) is 13.0 Å². The second kappa shape index (κ2) is 3.70. The van der Waals surface area contributed by atoms with Gasteiger partial charge in [0.05, 0.1) is 30.4 Å². The Morgan fingerprint density at radius 3 is 2.93 bits per heavy atom. The fourth-order valence-corrected chi connectivity index (χ4v) is 1.61. The van der Waals surface area contributed by atoms with Crippen LogP contribution in [0.2, 0.25) is 0 Å². The van der Waals surface area contributed by atoms with Crippen LogP contribution in [0.25, 0.3) is 11.0 Å². The number of fused-ring (bicyclic) bond motifs is 1. The summed E-state index contributed by atoms with van der Waals surface area (Å²) in [5.41, 5.74) is 2.62. The first-order chi connectivity index (χ1) is 7.22. The second-order valence-electron chi connectivity index (χ2n) is 3.23. The minimum absolute atomic E-state index is 0.0985. The molecule has 2 rings (SSSR count). The Morgan fingerprint density at radius 2 is 2.27 bits per heavy atom. The average molecular weight is 206 g/mol. The van der Waals surface area contributed by atoms with E-state index in [1.807, 2.05) is 0 Å². The van der Waals surface area contributed by atoms with Crippen LogP contribution in [0.3, 0.4) is 0 Å². The summed E-state index contributed by atoms with van der Waals surface area (Å²) < 4.78 is 0. The summed E-state index contributed by atoms with van der Waals surface area (Å²) in [6, 6.07) is 3.46. The van der Waals surface area contributed by atoms with Crippen molar-refractivity contribution in [1.82, 2.24) is 9.97 Å². The first kappa shape index (κ1) is 9.67. The van der Waals surface area contributed by atoms with Crippen molar-refractivity contribution in [3.05, 3.63) is 29.6 Å². The number of imidazole rings is 1. The Balaban J connectivity index is 2.58. The molecule has 0 amide bonds. The van der Waals surface area contributed by atoms with E-state index in [1.54, 1.807) is 12.1 Å². The van der Waals surface area contributed by atoms with Gasteiger partial charge in [0.15, 0.2) is 0 Å². The Hall–Kier alpha value is -1.88. The van der Waals surface area contributed by atoms with Crippen molar-refractivity contribution in [2.75, 3.05) is 0 Å². The van der Waals surface area contributed by atoms with E-state index in [4.69, 9.17) is 5.11 Å². The fraction of sp³-hybridized carbons (Fsp3) is 0.200. The number of carboxylic acids is 1.